The molecule has 0 aromatic heterocycles. The Morgan fingerprint density at radius 2 is 1.76 bits per heavy atom. The highest BCUT2D eigenvalue weighted by Crippen LogP contribution is 2.11. The number of halogens is 1. The molecule has 25 heavy (non-hydrogen) atoms. The summed E-state index contributed by atoms with van der Waals surface area (Å²) in [7, 11) is 0. The zero-order chi connectivity index (χ0) is 18.2. The molecule has 4 nitrogen and oxygen atoms in total. The lowest BCUT2D eigenvalue weighted by atomic mass is 10.1. The van der Waals surface area contributed by atoms with Crippen LogP contribution in [0.15, 0.2) is 48.5 Å². The molecule has 0 heterocycles. The standard InChI is InChI=1S/C20H23FN2O2/c1-14(2)20(25)23-18-9-6-16(7-10-18)13-22-19(24)11-8-15-4-3-5-17(21)12-15/h3-7,9-10,12,14H,8,11,13H2,1-2H3,(H,22,24)(H,23,25). The van der Waals surface area contributed by atoms with Crippen molar-refractivity contribution in [2.75, 3.05) is 5.32 Å². The van der Waals surface area contributed by atoms with Crippen LogP contribution in [-0.4, -0.2) is 11.8 Å². The fourth-order valence-corrected chi connectivity index (χ4v) is 2.23. The Kier molecular flexibility index (Phi) is 6.69. The molecule has 0 radical (unpaired) electrons. The number of amides is 2. The van der Waals surface area contributed by atoms with Gasteiger partial charge in [0, 0.05) is 24.6 Å². The normalized spacial score (nSPS) is 10.6. The molecule has 0 unspecified atom stereocenters. The molecule has 0 aliphatic heterocycles. The number of nitrogens with one attached hydrogen (secondary N) is 2. The molecule has 5 heteroatoms. The molecular weight excluding hydrogens is 319 g/mol. The van der Waals surface area contributed by atoms with Crippen LogP contribution in [0.2, 0.25) is 0 Å². The van der Waals surface area contributed by atoms with E-state index in [1.807, 2.05) is 38.1 Å². The maximum absolute atomic E-state index is 13.1. The number of rotatable bonds is 7. The van der Waals surface area contributed by atoms with Gasteiger partial charge in [-0.3, -0.25) is 9.59 Å². The van der Waals surface area contributed by atoms with E-state index in [9.17, 15) is 14.0 Å². The molecule has 132 valence electrons. The van der Waals surface area contributed by atoms with E-state index >= 15 is 0 Å². The van der Waals surface area contributed by atoms with E-state index in [0.717, 1.165) is 16.8 Å². The van der Waals surface area contributed by atoms with Gasteiger partial charge in [0.15, 0.2) is 0 Å². The van der Waals surface area contributed by atoms with Crippen LogP contribution in [-0.2, 0) is 22.6 Å². The van der Waals surface area contributed by atoms with Gasteiger partial charge in [0.2, 0.25) is 11.8 Å². The fourth-order valence-electron chi connectivity index (χ4n) is 2.23. The van der Waals surface area contributed by atoms with Gasteiger partial charge in [-0.1, -0.05) is 38.1 Å². The first-order valence-electron chi connectivity index (χ1n) is 8.35. The molecular formula is C20H23FN2O2. The second-order valence-electron chi connectivity index (χ2n) is 6.25. The Morgan fingerprint density at radius 1 is 1.04 bits per heavy atom. The van der Waals surface area contributed by atoms with Crippen LogP contribution in [0.1, 0.15) is 31.4 Å². The summed E-state index contributed by atoms with van der Waals surface area (Å²) in [5.41, 5.74) is 2.49. The molecule has 0 atom stereocenters. The van der Waals surface area contributed by atoms with Gasteiger partial charge in [0.1, 0.15) is 5.82 Å². The zero-order valence-electron chi connectivity index (χ0n) is 14.5. The first-order chi connectivity index (χ1) is 11.9. The van der Waals surface area contributed by atoms with Gasteiger partial charge in [-0.25, -0.2) is 4.39 Å². The Hall–Kier alpha value is -2.69. The van der Waals surface area contributed by atoms with Crippen molar-refractivity contribution in [1.82, 2.24) is 5.32 Å². The second-order valence-corrected chi connectivity index (χ2v) is 6.25. The van der Waals surface area contributed by atoms with Crippen molar-refractivity contribution < 1.29 is 14.0 Å². The minimum Gasteiger partial charge on any atom is -0.352 e. The van der Waals surface area contributed by atoms with Crippen LogP contribution in [0, 0.1) is 11.7 Å². The molecule has 0 spiro atoms. The highest BCUT2D eigenvalue weighted by molar-refractivity contribution is 5.92. The summed E-state index contributed by atoms with van der Waals surface area (Å²) in [6, 6.07) is 13.6. The first kappa shape index (κ1) is 18.6. The number of hydrogen-bond donors (Lipinski definition) is 2. The average molecular weight is 342 g/mol. The minimum absolute atomic E-state index is 0.0293. The van der Waals surface area contributed by atoms with Crippen LogP contribution in [0.5, 0.6) is 0 Å². The van der Waals surface area contributed by atoms with Crippen LogP contribution < -0.4 is 10.6 Å². The van der Waals surface area contributed by atoms with E-state index in [2.05, 4.69) is 10.6 Å². The summed E-state index contributed by atoms with van der Waals surface area (Å²) < 4.78 is 13.1. The third kappa shape index (κ3) is 6.37. The molecule has 2 rings (SSSR count). The molecule has 0 aliphatic rings. The predicted molar refractivity (Wildman–Crippen MR) is 96.5 cm³/mol. The SMILES string of the molecule is CC(C)C(=O)Nc1ccc(CNC(=O)CCc2cccc(F)c2)cc1. The Morgan fingerprint density at radius 3 is 2.40 bits per heavy atom. The maximum Gasteiger partial charge on any atom is 0.226 e. The van der Waals surface area contributed by atoms with E-state index in [0.29, 0.717) is 19.4 Å². The summed E-state index contributed by atoms with van der Waals surface area (Å²) in [5.74, 6) is -0.473. The van der Waals surface area contributed by atoms with E-state index in [4.69, 9.17) is 0 Å². The average Bonchev–Trinajstić information content (AvgIpc) is 2.59. The maximum atomic E-state index is 13.1. The lowest BCUT2D eigenvalue weighted by molar-refractivity contribution is -0.121. The van der Waals surface area contributed by atoms with Crippen molar-refractivity contribution in [2.24, 2.45) is 5.92 Å². The van der Waals surface area contributed by atoms with E-state index in [-0.39, 0.29) is 23.5 Å². The Bertz CT molecular complexity index is 727. The zero-order valence-corrected chi connectivity index (χ0v) is 14.5. The summed E-state index contributed by atoms with van der Waals surface area (Å²) >= 11 is 0. The van der Waals surface area contributed by atoms with E-state index in [1.165, 1.54) is 12.1 Å². The number of carbonyl (C=O) groups excluding carboxylic acids is 2. The largest absolute Gasteiger partial charge is 0.352 e. The van der Waals surface area contributed by atoms with Gasteiger partial charge in [-0.2, -0.15) is 0 Å². The summed E-state index contributed by atoms with van der Waals surface area (Å²) in [6.07, 6.45) is 0.815. The number of hydrogen-bond acceptors (Lipinski definition) is 2. The van der Waals surface area contributed by atoms with Crippen LogP contribution in [0.4, 0.5) is 10.1 Å². The van der Waals surface area contributed by atoms with Crippen molar-refractivity contribution in [2.45, 2.75) is 33.2 Å². The lowest BCUT2D eigenvalue weighted by Crippen LogP contribution is -2.23. The van der Waals surface area contributed by atoms with Crippen LogP contribution >= 0.6 is 0 Å². The number of carbonyl (C=O) groups is 2. The summed E-state index contributed by atoms with van der Waals surface area (Å²) in [6.45, 7) is 4.09. The smallest absolute Gasteiger partial charge is 0.226 e. The molecule has 2 aromatic carbocycles. The molecule has 2 amide bonds. The quantitative estimate of drug-likeness (QED) is 0.806. The van der Waals surface area contributed by atoms with Gasteiger partial charge < -0.3 is 10.6 Å². The third-order valence-corrected chi connectivity index (χ3v) is 3.77. The lowest BCUT2D eigenvalue weighted by Gasteiger charge is -2.09. The van der Waals surface area contributed by atoms with Crippen molar-refractivity contribution in [3.05, 3.63) is 65.5 Å². The van der Waals surface area contributed by atoms with Gasteiger partial charge in [0.05, 0.1) is 0 Å². The highest BCUT2D eigenvalue weighted by atomic mass is 19.1. The number of aryl methyl sites for hydroxylation is 1. The fraction of sp³-hybridized carbons (Fsp3) is 0.300. The summed E-state index contributed by atoms with van der Waals surface area (Å²) in [4.78, 5) is 23.5. The Balaban J connectivity index is 1.76. The molecule has 0 bridgehead atoms. The molecule has 0 aliphatic carbocycles. The molecule has 0 saturated carbocycles. The number of benzene rings is 2. The van der Waals surface area contributed by atoms with E-state index < -0.39 is 0 Å². The van der Waals surface area contributed by atoms with Crippen molar-refractivity contribution in [3.8, 4) is 0 Å². The molecule has 2 aromatic rings. The predicted octanol–water partition coefficient (Wildman–Crippen LogP) is 3.67. The monoisotopic (exact) mass is 342 g/mol. The third-order valence-electron chi connectivity index (χ3n) is 3.77. The van der Waals surface area contributed by atoms with Crippen LogP contribution in [0.25, 0.3) is 0 Å². The van der Waals surface area contributed by atoms with Crippen molar-refractivity contribution >= 4 is 17.5 Å². The minimum atomic E-state index is -0.289. The molecule has 2 N–H and O–H groups in total. The van der Waals surface area contributed by atoms with Gasteiger partial charge in [-0.05, 0) is 41.8 Å². The second kappa shape index (κ2) is 8.97. The highest BCUT2D eigenvalue weighted by Gasteiger charge is 2.07. The van der Waals surface area contributed by atoms with Crippen LogP contribution in [0.3, 0.4) is 0 Å². The Labute approximate surface area is 147 Å². The van der Waals surface area contributed by atoms with Crippen molar-refractivity contribution in [3.63, 3.8) is 0 Å². The van der Waals surface area contributed by atoms with Gasteiger partial charge in [-0.15, -0.1) is 0 Å². The van der Waals surface area contributed by atoms with E-state index in [1.54, 1.807) is 12.1 Å². The molecule has 0 saturated heterocycles. The number of anilines is 1. The topological polar surface area (TPSA) is 58.2 Å². The van der Waals surface area contributed by atoms with Crippen molar-refractivity contribution in [1.29, 1.82) is 0 Å². The molecule has 0 fully saturated rings. The first-order valence-corrected chi connectivity index (χ1v) is 8.35. The van der Waals surface area contributed by atoms with Gasteiger partial charge in [0.25, 0.3) is 0 Å². The summed E-state index contributed by atoms with van der Waals surface area (Å²) in [5, 5.41) is 5.66. The van der Waals surface area contributed by atoms with Gasteiger partial charge >= 0.3 is 0 Å².